The van der Waals surface area contributed by atoms with E-state index in [0.29, 0.717) is 44.4 Å². The molecule has 1 aromatic rings. The Morgan fingerprint density at radius 3 is 1.74 bits per heavy atom. The lowest BCUT2D eigenvalue weighted by Gasteiger charge is -2.18. The fourth-order valence-corrected chi connectivity index (χ4v) is 5.40. The van der Waals surface area contributed by atoms with Crippen LogP contribution in [0.3, 0.4) is 0 Å². The van der Waals surface area contributed by atoms with Gasteiger partial charge in [0.2, 0.25) is 23.6 Å². The van der Waals surface area contributed by atoms with Crippen LogP contribution >= 0.6 is 0 Å². The lowest BCUT2D eigenvalue weighted by atomic mass is 9.97. The van der Waals surface area contributed by atoms with Gasteiger partial charge in [0, 0.05) is 32.5 Å². The van der Waals surface area contributed by atoms with E-state index in [4.69, 9.17) is 34.5 Å². The molecule has 0 radical (unpaired) electrons. The Morgan fingerprint density at radius 1 is 0.639 bits per heavy atom. The summed E-state index contributed by atoms with van der Waals surface area (Å²) in [7, 11) is 0. The number of rotatable bonds is 40. The van der Waals surface area contributed by atoms with Gasteiger partial charge in [-0.25, -0.2) is 14.0 Å². The lowest BCUT2D eigenvalue weighted by molar-refractivity contribution is -0.142. The van der Waals surface area contributed by atoms with Crippen molar-refractivity contribution < 1.29 is 71.8 Å². The van der Waals surface area contributed by atoms with Gasteiger partial charge in [0.05, 0.1) is 51.8 Å². The normalized spacial score (nSPS) is 12.4. The van der Waals surface area contributed by atoms with Crippen LogP contribution in [0, 0.1) is 0 Å². The Kier molecular flexibility index (Phi) is 31.0. The summed E-state index contributed by atoms with van der Waals surface area (Å²) < 4.78 is 39.5. The molecule has 0 aliphatic rings. The lowest BCUT2D eigenvalue weighted by Crippen LogP contribution is -2.44. The van der Waals surface area contributed by atoms with E-state index in [9.17, 15) is 43.1 Å². The number of carbonyl (C=O) groups excluding carboxylic acids is 5. The second-order valence-electron chi connectivity index (χ2n) is 14.2. The molecule has 0 aliphatic carbocycles. The van der Waals surface area contributed by atoms with Crippen molar-refractivity contribution in [1.29, 1.82) is 0 Å². The molecule has 8 N–H and O–H groups in total. The number of unbranched alkanes of at least 4 members (excludes halogenated alkanes) is 7. The van der Waals surface area contributed by atoms with Crippen molar-refractivity contribution in [2.45, 2.75) is 95.1 Å². The first-order valence-electron chi connectivity index (χ1n) is 20.8. The summed E-state index contributed by atoms with van der Waals surface area (Å²) in [5.41, 5.74) is 4.30. The second kappa shape index (κ2) is 34.9. The van der Waals surface area contributed by atoms with Gasteiger partial charge in [-0.1, -0.05) is 32.1 Å². The minimum atomic E-state index is -1.47. The molecule has 61 heavy (non-hydrogen) atoms. The Morgan fingerprint density at radius 2 is 1.18 bits per heavy atom. The molecule has 4 amide bonds. The predicted octanol–water partition coefficient (Wildman–Crippen LogP) is 1.69. The van der Waals surface area contributed by atoms with E-state index >= 15 is 0 Å². The molecule has 0 saturated carbocycles. The molecular weight excluding hydrogens is 805 g/mol. The Hall–Kier alpha value is -4.76. The van der Waals surface area contributed by atoms with Crippen molar-refractivity contribution in [3.8, 4) is 5.75 Å². The number of carboxylic acid groups (broad SMARTS) is 2. The van der Waals surface area contributed by atoms with Crippen LogP contribution in [0.25, 0.3) is 0 Å². The van der Waals surface area contributed by atoms with Crippen molar-refractivity contribution in [3.63, 3.8) is 0 Å². The standard InChI is InChI=1S/C41H66FN5O14/c42-30-41(43,31-48)17-7-8-18-44-37(51)28-59-26-25-58-23-20-46-38(52)29-60-27-24-57-22-19-45-35(49)16-15-34(40(55)56)47-36(50)10-6-4-2-1-3-5-9-21-61-33-13-11-32(12-14-33)39(53)54/h11-14,31,34H,1-10,15-30,43H2,(H,44,51)(H,45,49)(H,46,52)(H,47,50)(H,53,54)(H,55,56)/t34-,41+/m0/s1. The number of benzene rings is 1. The number of ether oxygens (including phenoxy) is 5. The van der Waals surface area contributed by atoms with Crippen LogP contribution in [0.5, 0.6) is 5.75 Å². The van der Waals surface area contributed by atoms with E-state index in [1.807, 2.05) is 0 Å². The van der Waals surface area contributed by atoms with Crippen molar-refractivity contribution >= 4 is 41.9 Å². The van der Waals surface area contributed by atoms with Crippen molar-refractivity contribution in [2.75, 3.05) is 85.8 Å². The van der Waals surface area contributed by atoms with Crippen LogP contribution in [0.1, 0.15) is 93.8 Å². The third kappa shape index (κ3) is 30.0. The maximum absolute atomic E-state index is 12.7. The quantitative estimate of drug-likeness (QED) is 0.0365. The Bertz CT molecular complexity index is 1420. The summed E-state index contributed by atoms with van der Waals surface area (Å²) in [6, 6.07) is 5.11. The molecule has 20 heteroatoms. The zero-order chi connectivity index (χ0) is 45.0. The summed E-state index contributed by atoms with van der Waals surface area (Å²) in [5.74, 6) is -2.98. The first kappa shape index (κ1) is 54.3. The number of hydrogen-bond acceptors (Lipinski definition) is 13. The number of nitrogens with one attached hydrogen (secondary N) is 4. The van der Waals surface area contributed by atoms with E-state index < -0.39 is 30.2 Å². The molecule has 0 heterocycles. The van der Waals surface area contributed by atoms with Gasteiger partial charge in [0.1, 0.15) is 43.5 Å². The topological polar surface area (TPSA) is 280 Å². The number of nitrogens with two attached hydrogens (primary N) is 1. The van der Waals surface area contributed by atoms with Gasteiger partial charge in [-0.15, -0.1) is 0 Å². The molecule has 0 spiro atoms. The highest BCUT2D eigenvalue weighted by Crippen LogP contribution is 2.14. The first-order valence-corrected chi connectivity index (χ1v) is 20.8. The average Bonchev–Trinajstić information content (AvgIpc) is 3.24. The minimum Gasteiger partial charge on any atom is -0.494 e. The summed E-state index contributed by atoms with van der Waals surface area (Å²) >= 11 is 0. The summed E-state index contributed by atoms with van der Waals surface area (Å²) in [5, 5.41) is 28.8. The van der Waals surface area contributed by atoms with Crippen molar-refractivity contribution in [1.82, 2.24) is 21.3 Å². The van der Waals surface area contributed by atoms with Crippen LogP contribution in [0.2, 0.25) is 0 Å². The summed E-state index contributed by atoms with van der Waals surface area (Å²) in [6.07, 6.45) is 7.98. The number of alkyl halides is 1. The number of hydrogen-bond donors (Lipinski definition) is 7. The van der Waals surface area contributed by atoms with E-state index in [1.54, 1.807) is 12.1 Å². The van der Waals surface area contributed by atoms with E-state index in [-0.39, 0.29) is 121 Å². The SMILES string of the molecule is N[C@@](C=O)(CF)CCCCNC(=O)COCCOCCNC(=O)COCCOCCNC(=O)CC[C@H](NC(=O)CCCCCCCCCOc1ccc(C(=O)O)cc1)C(=O)O. The number of aliphatic carboxylic acids is 1. The maximum Gasteiger partial charge on any atom is 0.335 e. The number of carboxylic acids is 2. The van der Waals surface area contributed by atoms with Gasteiger partial charge in [0.15, 0.2) is 0 Å². The fourth-order valence-electron chi connectivity index (χ4n) is 5.40. The molecule has 346 valence electrons. The van der Waals surface area contributed by atoms with Crippen molar-refractivity contribution in [2.24, 2.45) is 5.73 Å². The Labute approximate surface area is 356 Å². The zero-order valence-corrected chi connectivity index (χ0v) is 35.1. The molecule has 0 unspecified atom stereocenters. The van der Waals surface area contributed by atoms with Gasteiger partial charge >= 0.3 is 11.9 Å². The van der Waals surface area contributed by atoms with Crippen LogP contribution in [0.15, 0.2) is 24.3 Å². The van der Waals surface area contributed by atoms with E-state index in [2.05, 4.69) is 21.3 Å². The fraction of sp³-hybridized carbons (Fsp3) is 0.683. The largest absolute Gasteiger partial charge is 0.494 e. The van der Waals surface area contributed by atoms with Gasteiger partial charge in [-0.05, 0) is 62.8 Å². The average molecular weight is 872 g/mol. The molecule has 0 bridgehead atoms. The second-order valence-corrected chi connectivity index (χ2v) is 14.2. The number of aromatic carboxylic acids is 1. The third-order valence-corrected chi connectivity index (χ3v) is 8.93. The molecule has 1 aromatic carbocycles. The molecule has 19 nitrogen and oxygen atoms in total. The zero-order valence-electron chi connectivity index (χ0n) is 35.1. The highest BCUT2D eigenvalue weighted by molar-refractivity contribution is 5.87. The summed E-state index contributed by atoms with van der Waals surface area (Å²) in [4.78, 5) is 81.5. The van der Waals surface area contributed by atoms with Gasteiger partial charge in [-0.2, -0.15) is 0 Å². The predicted molar refractivity (Wildman–Crippen MR) is 220 cm³/mol. The number of aldehydes is 1. The highest BCUT2D eigenvalue weighted by Gasteiger charge is 2.23. The molecule has 2 atom stereocenters. The Balaban J connectivity index is 1.93. The molecular formula is C41H66FN5O14. The number of halogens is 1. The smallest absolute Gasteiger partial charge is 0.335 e. The maximum atomic E-state index is 12.7. The van der Waals surface area contributed by atoms with Crippen LogP contribution in [-0.4, -0.2) is 149 Å². The minimum absolute atomic E-state index is 0.0578. The monoisotopic (exact) mass is 871 g/mol. The van der Waals surface area contributed by atoms with Crippen LogP contribution in [0.4, 0.5) is 4.39 Å². The van der Waals surface area contributed by atoms with Crippen LogP contribution in [-0.2, 0) is 47.7 Å². The third-order valence-electron chi connectivity index (χ3n) is 8.93. The first-order chi connectivity index (χ1) is 29.4. The molecule has 0 saturated heterocycles. The highest BCUT2D eigenvalue weighted by atomic mass is 19.1. The van der Waals surface area contributed by atoms with Crippen molar-refractivity contribution in [3.05, 3.63) is 29.8 Å². The molecule has 1 rings (SSSR count). The number of carbonyl (C=O) groups is 7. The van der Waals surface area contributed by atoms with Crippen LogP contribution < -0.4 is 31.7 Å². The van der Waals surface area contributed by atoms with E-state index in [1.165, 1.54) is 12.1 Å². The van der Waals surface area contributed by atoms with Gasteiger partial charge in [-0.3, -0.25) is 19.2 Å². The molecule has 0 fully saturated rings. The van der Waals surface area contributed by atoms with E-state index in [0.717, 1.165) is 38.5 Å². The van der Waals surface area contributed by atoms with Gasteiger partial charge in [0.25, 0.3) is 0 Å². The summed E-state index contributed by atoms with van der Waals surface area (Å²) in [6.45, 7) is 1.17. The molecule has 0 aliphatic heterocycles. The van der Waals surface area contributed by atoms with Gasteiger partial charge < -0.3 is 65.7 Å². The molecule has 0 aromatic heterocycles. The number of amides is 4.